The Morgan fingerprint density at radius 2 is 2.22 bits per heavy atom. The second-order valence-electron chi connectivity index (χ2n) is 1.59. The lowest BCUT2D eigenvalue weighted by molar-refractivity contribution is 1.41. The van der Waals surface area contributed by atoms with Gasteiger partial charge in [0, 0.05) is 10.2 Å². The summed E-state index contributed by atoms with van der Waals surface area (Å²) in [6.07, 6.45) is 5.44. The molecule has 1 nitrogen and oxygen atoms in total. The van der Waals surface area contributed by atoms with Crippen LogP contribution in [0.25, 0.3) is 0 Å². The quantitative estimate of drug-likeness (QED) is 0.661. The van der Waals surface area contributed by atoms with E-state index in [0.717, 1.165) is 4.48 Å². The fourth-order valence-electron chi connectivity index (χ4n) is 0.421. The van der Waals surface area contributed by atoms with E-state index in [1.807, 2.05) is 19.1 Å². The Kier molecular flexibility index (Phi) is 4.14. The molecule has 0 aromatic carbocycles. The number of hydrogen-bond acceptors (Lipinski definition) is 1. The third-order valence-corrected chi connectivity index (χ3v) is 0.911. The first kappa shape index (κ1) is 8.50. The van der Waals surface area contributed by atoms with Crippen molar-refractivity contribution in [1.29, 1.82) is 0 Å². The minimum atomic E-state index is 0.708. The fraction of sp³-hybridized carbons (Fsp3) is 0.143. The highest BCUT2D eigenvalue weighted by Crippen LogP contribution is 2.03. The molecule has 0 rings (SSSR count). The van der Waals surface area contributed by atoms with Crippen LogP contribution in [0.3, 0.4) is 0 Å². The predicted molar refractivity (Wildman–Crippen MR) is 45.2 cm³/mol. The Bertz CT molecular complexity index is 156. The van der Waals surface area contributed by atoms with Gasteiger partial charge in [0.1, 0.15) is 0 Å². The molecule has 0 saturated heterocycles. The maximum atomic E-state index is 5.47. The maximum Gasteiger partial charge on any atom is 0.0321 e. The minimum absolute atomic E-state index is 0.708. The van der Waals surface area contributed by atoms with E-state index < -0.39 is 0 Å². The molecule has 0 aromatic heterocycles. The van der Waals surface area contributed by atoms with E-state index in [2.05, 4.69) is 22.5 Å². The molecule has 0 unspecified atom stereocenters. The molecule has 50 valence electrons. The van der Waals surface area contributed by atoms with Crippen LogP contribution < -0.4 is 5.73 Å². The van der Waals surface area contributed by atoms with Gasteiger partial charge < -0.3 is 5.73 Å². The van der Waals surface area contributed by atoms with Gasteiger partial charge in [0.05, 0.1) is 0 Å². The van der Waals surface area contributed by atoms with Crippen LogP contribution in [0.2, 0.25) is 0 Å². The van der Waals surface area contributed by atoms with E-state index in [0.29, 0.717) is 5.70 Å². The van der Waals surface area contributed by atoms with Gasteiger partial charge in [0.25, 0.3) is 0 Å². The van der Waals surface area contributed by atoms with E-state index in [1.165, 1.54) is 0 Å². The van der Waals surface area contributed by atoms with Crippen LogP contribution in [0.15, 0.2) is 35.0 Å². The SMILES string of the molecule is C=C(Br)/C=C(N)\C=C/C. The van der Waals surface area contributed by atoms with E-state index in [-0.39, 0.29) is 0 Å². The normalized spacial score (nSPS) is 12.4. The zero-order chi connectivity index (χ0) is 7.28. The van der Waals surface area contributed by atoms with Gasteiger partial charge in [-0.25, -0.2) is 0 Å². The van der Waals surface area contributed by atoms with Gasteiger partial charge in [-0.2, -0.15) is 0 Å². The molecule has 0 amide bonds. The molecular weight excluding hydrogens is 178 g/mol. The molecule has 0 fully saturated rings. The van der Waals surface area contributed by atoms with Crippen LogP contribution in [0.1, 0.15) is 6.92 Å². The molecular formula is C7H10BrN. The first-order chi connectivity index (χ1) is 4.16. The van der Waals surface area contributed by atoms with Gasteiger partial charge in [-0.15, -0.1) is 0 Å². The minimum Gasteiger partial charge on any atom is -0.399 e. The van der Waals surface area contributed by atoms with Crippen LogP contribution in [0, 0.1) is 0 Å². The topological polar surface area (TPSA) is 26.0 Å². The van der Waals surface area contributed by atoms with Crippen LogP contribution >= 0.6 is 15.9 Å². The average molecular weight is 188 g/mol. The summed E-state index contributed by atoms with van der Waals surface area (Å²) in [5.41, 5.74) is 6.18. The molecule has 0 heterocycles. The molecule has 2 N–H and O–H groups in total. The Morgan fingerprint density at radius 1 is 1.67 bits per heavy atom. The van der Waals surface area contributed by atoms with Crippen LogP contribution in [0.4, 0.5) is 0 Å². The second-order valence-corrected chi connectivity index (χ2v) is 2.61. The first-order valence-electron chi connectivity index (χ1n) is 2.61. The highest BCUT2D eigenvalue weighted by Gasteiger charge is 1.80. The molecule has 0 aliphatic rings. The Hall–Kier alpha value is -0.500. The van der Waals surface area contributed by atoms with Crippen LogP contribution in [-0.4, -0.2) is 0 Å². The van der Waals surface area contributed by atoms with Crippen molar-refractivity contribution >= 4 is 15.9 Å². The third kappa shape index (κ3) is 5.37. The standard InChI is InChI=1S/C7H10BrN/c1-3-4-7(9)5-6(2)8/h3-5H,2,9H2,1H3/b4-3-,7-5+. The lowest BCUT2D eigenvalue weighted by Gasteiger charge is -1.88. The van der Waals surface area contributed by atoms with E-state index in [1.54, 1.807) is 6.08 Å². The summed E-state index contributed by atoms with van der Waals surface area (Å²) in [4.78, 5) is 0. The van der Waals surface area contributed by atoms with E-state index in [9.17, 15) is 0 Å². The van der Waals surface area contributed by atoms with Crippen molar-refractivity contribution in [2.24, 2.45) is 5.73 Å². The highest BCUT2D eigenvalue weighted by atomic mass is 79.9. The third-order valence-electron chi connectivity index (χ3n) is 0.682. The number of allylic oxidation sites excluding steroid dienone is 4. The van der Waals surface area contributed by atoms with Crippen molar-refractivity contribution < 1.29 is 0 Å². The molecule has 0 bridgehead atoms. The molecule has 0 aliphatic heterocycles. The summed E-state index contributed by atoms with van der Waals surface area (Å²) in [6.45, 7) is 5.52. The van der Waals surface area contributed by atoms with Crippen molar-refractivity contribution in [2.75, 3.05) is 0 Å². The smallest absolute Gasteiger partial charge is 0.0321 e. The van der Waals surface area contributed by atoms with Gasteiger partial charge in [-0.1, -0.05) is 28.6 Å². The summed E-state index contributed by atoms with van der Waals surface area (Å²) in [5.74, 6) is 0. The molecule has 9 heavy (non-hydrogen) atoms. The molecule has 0 radical (unpaired) electrons. The summed E-state index contributed by atoms with van der Waals surface area (Å²) in [5, 5.41) is 0. The first-order valence-corrected chi connectivity index (χ1v) is 3.40. The number of halogens is 1. The van der Waals surface area contributed by atoms with Crippen LogP contribution in [0.5, 0.6) is 0 Å². The zero-order valence-corrected chi connectivity index (χ0v) is 6.98. The van der Waals surface area contributed by atoms with Gasteiger partial charge in [0.15, 0.2) is 0 Å². The van der Waals surface area contributed by atoms with Crippen molar-refractivity contribution in [1.82, 2.24) is 0 Å². The lowest BCUT2D eigenvalue weighted by atomic mass is 10.4. The monoisotopic (exact) mass is 187 g/mol. The Balaban J connectivity index is 4.00. The summed E-state index contributed by atoms with van der Waals surface area (Å²) in [6, 6.07) is 0. The van der Waals surface area contributed by atoms with Crippen LogP contribution in [-0.2, 0) is 0 Å². The van der Waals surface area contributed by atoms with Gasteiger partial charge in [0.2, 0.25) is 0 Å². The number of rotatable bonds is 2. The number of nitrogens with two attached hydrogens (primary N) is 1. The average Bonchev–Trinajstić information content (AvgIpc) is 1.63. The fourth-order valence-corrected chi connectivity index (χ4v) is 0.686. The molecule has 0 saturated carbocycles. The summed E-state index contributed by atoms with van der Waals surface area (Å²) < 4.78 is 0.790. The Labute approximate surface area is 64.1 Å². The predicted octanol–water partition coefficient (Wildman–Crippen LogP) is 2.31. The van der Waals surface area contributed by atoms with E-state index in [4.69, 9.17) is 5.73 Å². The highest BCUT2D eigenvalue weighted by molar-refractivity contribution is 9.11. The van der Waals surface area contributed by atoms with E-state index >= 15 is 0 Å². The van der Waals surface area contributed by atoms with Crippen molar-refractivity contribution in [3.63, 3.8) is 0 Å². The Morgan fingerprint density at radius 3 is 2.56 bits per heavy atom. The molecule has 0 atom stereocenters. The molecule has 2 heteroatoms. The van der Waals surface area contributed by atoms with Crippen molar-refractivity contribution in [3.8, 4) is 0 Å². The summed E-state index contributed by atoms with van der Waals surface area (Å²) in [7, 11) is 0. The lowest BCUT2D eigenvalue weighted by Crippen LogP contribution is -1.91. The second kappa shape index (κ2) is 4.39. The molecule has 0 aromatic rings. The zero-order valence-electron chi connectivity index (χ0n) is 5.39. The van der Waals surface area contributed by atoms with Gasteiger partial charge in [-0.05, 0) is 19.1 Å². The van der Waals surface area contributed by atoms with Gasteiger partial charge in [-0.3, -0.25) is 0 Å². The molecule has 0 spiro atoms. The number of hydrogen-bond donors (Lipinski definition) is 1. The largest absolute Gasteiger partial charge is 0.399 e. The van der Waals surface area contributed by atoms with Gasteiger partial charge >= 0.3 is 0 Å². The molecule has 0 aliphatic carbocycles. The maximum absolute atomic E-state index is 5.47. The van der Waals surface area contributed by atoms with Crippen molar-refractivity contribution in [3.05, 3.63) is 35.0 Å². The summed E-state index contributed by atoms with van der Waals surface area (Å²) >= 11 is 3.16. The van der Waals surface area contributed by atoms with Crippen molar-refractivity contribution in [2.45, 2.75) is 6.92 Å².